The molecule has 0 spiro atoms. The molecule has 0 amide bonds. The van der Waals surface area contributed by atoms with E-state index in [1.54, 1.807) is 0 Å². The van der Waals surface area contributed by atoms with Gasteiger partial charge in [0.15, 0.2) is 0 Å². The second-order valence-electron chi connectivity index (χ2n) is 1.46. The molecular weight excluding hydrogens is 136 g/mol. The third kappa shape index (κ3) is 1.38. The van der Waals surface area contributed by atoms with Crippen LogP contribution in [-0.2, 0) is 0 Å². The van der Waals surface area contributed by atoms with Crippen molar-refractivity contribution in [3.8, 4) is 0 Å². The monoisotopic (exact) mass is 140 g/mol. The Hall–Kier alpha value is -1.72. The van der Waals surface area contributed by atoms with Gasteiger partial charge in [0.2, 0.25) is 0 Å². The summed E-state index contributed by atoms with van der Waals surface area (Å²) in [7, 11) is 0. The first kappa shape index (κ1) is 6.40. The molecule has 1 aliphatic heterocycles. The Kier molecular flexibility index (Phi) is 1.74. The lowest BCUT2D eigenvalue weighted by Gasteiger charge is -1.86. The molecule has 1 rings (SSSR count). The van der Waals surface area contributed by atoms with Crippen molar-refractivity contribution in [1.82, 2.24) is 5.53 Å². The van der Waals surface area contributed by atoms with Gasteiger partial charge in [-0.15, -0.1) is 10.6 Å². The minimum absolute atomic E-state index is 0.252. The summed E-state index contributed by atoms with van der Waals surface area (Å²) in [6, 6.07) is 0. The molecule has 0 saturated carbocycles. The van der Waals surface area contributed by atoms with Gasteiger partial charge in [0, 0.05) is 6.08 Å². The minimum atomic E-state index is -0.599. The zero-order chi connectivity index (χ0) is 7.40. The summed E-state index contributed by atoms with van der Waals surface area (Å²) < 4.78 is 0. The molecule has 0 aliphatic carbocycles. The zero-order valence-corrected chi connectivity index (χ0v) is 4.89. The quantitative estimate of drug-likeness (QED) is 0.371. The Morgan fingerprint density at radius 2 is 2.50 bits per heavy atom. The summed E-state index contributed by atoms with van der Waals surface area (Å²) >= 11 is 0. The number of hydrogen-bond donors (Lipinski definition) is 1. The second kappa shape index (κ2) is 2.72. The average molecular weight is 140 g/mol. The van der Waals surface area contributed by atoms with Crippen LogP contribution in [0.2, 0.25) is 0 Å². The number of rotatable bonds is 0. The fourth-order valence-corrected chi connectivity index (χ4v) is 0.425. The predicted octanol–water partition coefficient (Wildman–Crippen LogP) is -0.278. The molecule has 6 heteroatoms. The highest BCUT2D eigenvalue weighted by Gasteiger charge is 2.07. The Labute approximate surface area is 56.1 Å². The van der Waals surface area contributed by atoms with Crippen molar-refractivity contribution in [2.45, 2.75) is 0 Å². The zero-order valence-electron chi connectivity index (χ0n) is 4.89. The molecule has 1 N–H and O–H groups in total. The molecule has 10 heavy (non-hydrogen) atoms. The SMILES string of the molecule is O=[N+]([O-])C1=NNN=CC=C1. The lowest BCUT2D eigenvalue weighted by molar-refractivity contribution is -0.348. The van der Waals surface area contributed by atoms with E-state index >= 15 is 0 Å². The molecule has 0 radical (unpaired) electrons. The number of amidine groups is 1. The number of hydrazone groups is 2. The molecular formula is C4H4N4O2. The first-order valence-corrected chi connectivity index (χ1v) is 2.47. The number of nitrogens with zero attached hydrogens (tertiary/aromatic N) is 3. The van der Waals surface area contributed by atoms with Crippen LogP contribution in [0.1, 0.15) is 0 Å². The highest BCUT2D eigenvalue weighted by atomic mass is 16.6. The van der Waals surface area contributed by atoms with Crippen LogP contribution >= 0.6 is 0 Å². The lowest BCUT2D eigenvalue weighted by atomic mass is 10.5. The Bertz CT molecular complexity index is 229. The normalized spacial score (nSPS) is 15.4. The van der Waals surface area contributed by atoms with E-state index in [2.05, 4.69) is 15.7 Å². The molecule has 0 saturated heterocycles. The molecule has 1 aliphatic rings. The summed E-state index contributed by atoms with van der Waals surface area (Å²) in [6.45, 7) is 0. The first-order chi connectivity index (χ1) is 4.80. The van der Waals surface area contributed by atoms with Gasteiger partial charge in [-0.25, -0.2) is 0 Å². The van der Waals surface area contributed by atoms with Crippen LogP contribution in [0.15, 0.2) is 22.4 Å². The minimum Gasteiger partial charge on any atom is -0.358 e. The fourth-order valence-electron chi connectivity index (χ4n) is 0.425. The van der Waals surface area contributed by atoms with E-state index in [1.807, 2.05) is 0 Å². The van der Waals surface area contributed by atoms with Gasteiger partial charge in [-0.3, -0.25) is 0 Å². The molecule has 1 heterocycles. The third-order valence-electron chi connectivity index (χ3n) is 0.815. The molecule has 0 aromatic heterocycles. The lowest BCUT2D eigenvalue weighted by Crippen LogP contribution is -2.11. The van der Waals surface area contributed by atoms with Gasteiger partial charge >= 0.3 is 5.84 Å². The van der Waals surface area contributed by atoms with Crippen LogP contribution in [-0.4, -0.2) is 17.0 Å². The molecule has 0 aromatic rings. The van der Waals surface area contributed by atoms with E-state index in [-0.39, 0.29) is 5.84 Å². The Morgan fingerprint density at radius 3 is 3.20 bits per heavy atom. The number of nitrogens with one attached hydrogen (secondary N) is 1. The maximum Gasteiger partial charge on any atom is 0.389 e. The van der Waals surface area contributed by atoms with Gasteiger partial charge in [0.25, 0.3) is 0 Å². The standard InChI is InChI=1S/C4H4N4O2/c9-8(10)4-2-1-3-5-7-6-4/h1-3,7H. The molecule has 0 fully saturated rings. The first-order valence-electron chi connectivity index (χ1n) is 2.47. The van der Waals surface area contributed by atoms with Gasteiger partial charge in [0.1, 0.15) is 0 Å². The van der Waals surface area contributed by atoms with Gasteiger partial charge in [0.05, 0.1) is 11.3 Å². The highest BCUT2D eigenvalue weighted by Crippen LogP contribution is 1.84. The van der Waals surface area contributed by atoms with Crippen molar-refractivity contribution in [1.29, 1.82) is 0 Å². The average Bonchev–Trinajstić information content (AvgIpc) is 2.12. The maximum absolute atomic E-state index is 10.0. The topological polar surface area (TPSA) is 79.9 Å². The van der Waals surface area contributed by atoms with E-state index in [9.17, 15) is 10.1 Å². The van der Waals surface area contributed by atoms with E-state index in [0.717, 1.165) is 0 Å². The van der Waals surface area contributed by atoms with Crippen molar-refractivity contribution in [2.75, 3.05) is 0 Å². The molecule has 0 atom stereocenters. The molecule has 52 valence electrons. The maximum atomic E-state index is 10.0. The number of nitro groups is 1. The number of hydrogen-bond acceptors (Lipinski definition) is 5. The van der Waals surface area contributed by atoms with Crippen LogP contribution in [0, 0.1) is 10.1 Å². The van der Waals surface area contributed by atoms with Crippen LogP contribution < -0.4 is 5.53 Å². The van der Waals surface area contributed by atoms with Crippen molar-refractivity contribution in [3.63, 3.8) is 0 Å². The molecule has 0 aromatic carbocycles. The second-order valence-corrected chi connectivity index (χ2v) is 1.46. The largest absolute Gasteiger partial charge is 0.389 e. The third-order valence-corrected chi connectivity index (χ3v) is 0.815. The summed E-state index contributed by atoms with van der Waals surface area (Å²) in [5.74, 6) is -0.252. The van der Waals surface area contributed by atoms with E-state index in [4.69, 9.17) is 0 Å². The molecule has 0 bridgehead atoms. The van der Waals surface area contributed by atoms with Crippen molar-refractivity contribution >= 4 is 12.1 Å². The number of allylic oxidation sites excluding steroid dienone is 1. The summed E-state index contributed by atoms with van der Waals surface area (Å²) in [6.07, 6.45) is 4.06. The Morgan fingerprint density at radius 1 is 1.70 bits per heavy atom. The predicted molar refractivity (Wildman–Crippen MR) is 35.2 cm³/mol. The molecule has 0 unspecified atom stereocenters. The molecule has 6 nitrogen and oxygen atoms in total. The summed E-state index contributed by atoms with van der Waals surface area (Å²) in [5, 5.41) is 16.8. The van der Waals surface area contributed by atoms with Gasteiger partial charge in [-0.2, -0.15) is 0 Å². The van der Waals surface area contributed by atoms with Crippen LogP contribution in [0.3, 0.4) is 0 Å². The van der Waals surface area contributed by atoms with Crippen molar-refractivity contribution < 1.29 is 4.92 Å². The van der Waals surface area contributed by atoms with Crippen LogP contribution in [0.4, 0.5) is 0 Å². The van der Waals surface area contributed by atoms with E-state index in [0.29, 0.717) is 0 Å². The highest BCUT2D eigenvalue weighted by molar-refractivity contribution is 5.90. The van der Waals surface area contributed by atoms with E-state index < -0.39 is 4.92 Å². The smallest absolute Gasteiger partial charge is 0.358 e. The van der Waals surface area contributed by atoms with Crippen molar-refractivity contribution in [2.24, 2.45) is 10.2 Å². The van der Waals surface area contributed by atoms with Gasteiger partial charge in [-0.1, -0.05) is 0 Å². The van der Waals surface area contributed by atoms with Gasteiger partial charge < -0.3 is 10.1 Å². The summed E-state index contributed by atoms with van der Waals surface area (Å²) in [5.41, 5.74) is 2.13. The van der Waals surface area contributed by atoms with Crippen LogP contribution in [0.25, 0.3) is 0 Å². The fraction of sp³-hybridized carbons (Fsp3) is 0. The summed E-state index contributed by atoms with van der Waals surface area (Å²) in [4.78, 5) is 9.44. The van der Waals surface area contributed by atoms with Crippen LogP contribution in [0.5, 0.6) is 0 Å². The van der Waals surface area contributed by atoms with Gasteiger partial charge in [-0.05, 0) is 11.0 Å². The van der Waals surface area contributed by atoms with E-state index in [1.165, 1.54) is 18.4 Å². The van der Waals surface area contributed by atoms with Crippen molar-refractivity contribution in [3.05, 3.63) is 22.3 Å². The Balaban J connectivity index is 2.78.